The molecule has 1 N–H and O–H groups in total. The Morgan fingerprint density at radius 2 is 1.67 bits per heavy atom. The Balaban J connectivity index is 1.54. The molecular formula is C24H30N2O3S. The zero-order valence-corrected chi connectivity index (χ0v) is 18.6. The molecule has 0 bridgehead atoms. The minimum atomic E-state index is -3.55. The first-order valence-corrected chi connectivity index (χ1v) is 12.3. The molecule has 1 fully saturated rings. The molecule has 6 heteroatoms. The van der Waals surface area contributed by atoms with Crippen LogP contribution < -0.4 is 5.32 Å². The summed E-state index contributed by atoms with van der Waals surface area (Å²) in [6.45, 7) is 4.91. The fourth-order valence-corrected chi connectivity index (χ4v) is 6.01. The van der Waals surface area contributed by atoms with E-state index in [-0.39, 0.29) is 16.8 Å². The van der Waals surface area contributed by atoms with E-state index in [4.69, 9.17) is 0 Å². The van der Waals surface area contributed by atoms with Gasteiger partial charge in [-0.15, -0.1) is 0 Å². The molecule has 2 aliphatic rings. The van der Waals surface area contributed by atoms with Crippen LogP contribution >= 0.6 is 0 Å². The first-order valence-electron chi connectivity index (χ1n) is 10.9. The van der Waals surface area contributed by atoms with Gasteiger partial charge in [-0.05, 0) is 86.8 Å². The van der Waals surface area contributed by atoms with Gasteiger partial charge in [-0.1, -0.05) is 24.3 Å². The summed E-state index contributed by atoms with van der Waals surface area (Å²) in [4.78, 5) is 13.2. The maximum Gasteiger partial charge on any atom is 0.252 e. The molecule has 0 radical (unpaired) electrons. The highest BCUT2D eigenvalue weighted by atomic mass is 32.2. The summed E-state index contributed by atoms with van der Waals surface area (Å²) in [5.74, 6) is -0.240. The molecule has 2 aromatic carbocycles. The molecule has 4 rings (SSSR count). The van der Waals surface area contributed by atoms with E-state index in [1.807, 2.05) is 13.8 Å². The lowest BCUT2D eigenvalue weighted by atomic mass is 9.89. The minimum Gasteiger partial charge on any atom is -0.346 e. The molecule has 0 spiro atoms. The molecule has 1 aliphatic heterocycles. The number of amides is 1. The summed E-state index contributed by atoms with van der Waals surface area (Å²) >= 11 is 0. The molecule has 2 aromatic rings. The van der Waals surface area contributed by atoms with Gasteiger partial charge in [0.1, 0.15) is 0 Å². The molecule has 1 atom stereocenters. The van der Waals surface area contributed by atoms with Crippen LogP contribution in [0, 0.1) is 6.92 Å². The van der Waals surface area contributed by atoms with Crippen LogP contribution in [0.4, 0.5) is 0 Å². The van der Waals surface area contributed by atoms with E-state index < -0.39 is 10.0 Å². The Morgan fingerprint density at radius 3 is 2.40 bits per heavy atom. The third-order valence-electron chi connectivity index (χ3n) is 6.38. The Morgan fingerprint density at radius 1 is 0.967 bits per heavy atom. The summed E-state index contributed by atoms with van der Waals surface area (Å²) in [6.07, 6.45) is 6.46. The van der Waals surface area contributed by atoms with E-state index in [9.17, 15) is 13.2 Å². The lowest BCUT2D eigenvalue weighted by Crippen LogP contribution is -2.30. The van der Waals surface area contributed by atoms with Gasteiger partial charge in [0.25, 0.3) is 5.91 Å². The van der Waals surface area contributed by atoms with Gasteiger partial charge < -0.3 is 5.32 Å². The highest BCUT2D eigenvalue weighted by Crippen LogP contribution is 2.26. The maximum absolute atomic E-state index is 13.0. The standard InChI is InChI=1S/C24H30N2O3S/c1-17-9-12-22(30(28,29)26-13-5-6-14-26)16-23(17)24(27)25-18(2)20-11-10-19-7-3-4-8-21(19)15-20/h9-12,15-16,18H,3-8,13-14H2,1-2H3,(H,25,27). The zero-order valence-electron chi connectivity index (χ0n) is 17.8. The molecule has 5 nitrogen and oxygen atoms in total. The number of hydrogen-bond donors (Lipinski definition) is 1. The van der Waals surface area contributed by atoms with Gasteiger partial charge in [0.05, 0.1) is 10.9 Å². The van der Waals surface area contributed by atoms with Gasteiger partial charge in [0, 0.05) is 18.7 Å². The summed E-state index contributed by atoms with van der Waals surface area (Å²) < 4.78 is 27.3. The van der Waals surface area contributed by atoms with Crippen molar-refractivity contribution in [2.24, 2.45) is 0 Å². The van der Waals surface area contributed by atoms with E-state index in [1.54, 1.807) is 12.1 Å². The highest BCUT2D eigenvalue weighted by Gasteiger charge is 2.28. The largest absolute Gasteiger partial charge is 0.346 e. The number of carbonyl (C=O) groups is 1. The molecule has 1 unspecified atom stereocenters. The van der Waals surface area contributed by atoms with Crippen molar-refractivity contribution in [3.63, 3.8) is 0 Å². The quantitative estimate of drug-likeness (QED) is 0.781. The molecule has 1 heterocycles. The summed E-state index contributed by atoms with van der Waals surface area (Å²) in [6, 6.07) is 11.2. The van der Waals surface area contributed by atoms with Crippen LogP contribution in [0.15, 0.2) is 41.3 Å². The smallest absolute Gasteiger partial charge is 0.252 e. The van der Waals surface area contributed by atoms with Crippen molar-refractivity contribution >= 4 is 15.9 Å². The fourth-order valence-electron chi connectivity index (χ4n) is 4.46. The van der Waals surface area contributed by atoms with Crippen LogP contribution in [-0.4, -0.2) is 31.7 Å². The number of nitrogens with zero attached hydrogens (tertiary/aromatic N) is 1. The molecule has 0 aromatic heterocycles. The second kappa shape index (κ2) is 8.52. The molecule has 1 saturated heterocycles. The molecule has 1 amide bonds. The normalized spacial score (nSPS) is 18.1. The number of fused-ring (bicyclic) bond motifs is 1. The van der Waals surface area contributed by atoms with E-state index >= 15 is 0 Å². The topological polar surface area (TPSA) is 66.5 Å². The maximum atomic E-state index is 13.0. The van der Waals surface area contributed by atoms with E-state index in [0.717, 1.165) is 36.8 Å². The Kier molecular flexibility index (Phi) is 5.98. The number of benzene rings is 2. The Hall–Kier alpha value is -2.18. The molecule has 30 heavy (non-hydrogen) atoms. The van der Waals surface area contributed by atoms with Crippen LogP contribution in [0.2, 0.25) is 0 Å². The number of sulfonamides is 1. The van der Waals surface area contributed by atoms with Crippen LogP contribution in [0.5, 0.6) is 0 Å². The Bertz CT molecular complexity index is 1060. The first kappa shape index (κ1) is 21.1. The third kappa shape index (κ3) is 4.16. The summed E-state index contributed by atoms with van der Waals surface area (Å²) in [5.41, 5.74) is 5.07. The number of nitrogens with one attached hydrogen (secondary N) is 1. The highest BCUT2D eigenvalue weighted by molar-refractivity contribution is 7.89. The van der Waals surface area contributed by atoms with Gasteiger partial charge in [-0.25, -0.2) is 8.42 Å². The average Bonchev–Trinajstić information content (AvgIpc) is 3.29. The molecule has 1 aliphatic carbocycles. The average molecular weight is 427 g/mol. The summed E-state index contributed by atoms with van der Waals surface area (Å²) in [5, 5.41) is 3.06. The third-order valence-corrected chi connectivity index (χ3v) is 8.27. The number of carbonyl (C=O) groups excluding carboxylic acids is 1. The molecule has 0 saturated carbocycles. The molecule has 160 valence electrons. The second-order valence-corrected chi connectivity index (χ2v) is 10.5. The predicted octanol–water partition coefficient (Wildman–Crippen LogP) is 4.15. The minimum absolute atomic E-state index is 0.150. The van der Waals surface area contributed by atoms with E-state index in [2.05, 4.69) is 23.5 Å². The van der Waals surface area contributed by atoms with Crippen LogP contribution in [0.3, 0.4) is 0 Å². The van der Waals surface area contributed by atoms with Crippen molar-refractivity contribution in [1.82, 2.24) is 9.62 Å². The Labute approximate surface area is 179 Å². The van der Waals surface area contributed by atoms with Crippen molar-refractivity contribution in [1.29, 1.82) is 0 Å². The van der Waals surface area contributed by atoms with Crippen molar-refractivity contribution in [3.8, 4) is 0 Å². The van der Waals surface area contributed by atoms with Crippen LogP contribution in [-0.2, 0) is 22.9 Å². The lowest BCUT2D eigenvalue weighted by molar-refractivity contribution is 0.0939. The molecular weight excluding hydrogens is 396 g/mol. The number of aryl methyl sites for hydroxylation is 3. The first-order chi connectivity index (χ1) is 14.4. The van der Waals surface area contributed by atoms with Gasteiger partial charge in [-0.2, -0.15) is 4.31 Å². The van der Waals surface area contributed by atoms with Crippen molar-refractivity contribution in [3.05, 3.63) is 64.2 Å². The van der Waals surface area contributed by atoms with Gasteiger partial charge >= 0.3 is 0 Å². The van der Waals surface area contributed by atoms with Crippen molar-refractivity contribution in [2.45, 2.75) is 63.3 Å². The van der Waals surface area contributed by atoms with E-state index in [0.29, 0.717) is 18.7 Å². The van der Waals surface area contributed by atoms with Crippen molar-refractivity contribution < 1.29 is 13.2 Å². The van der Waals surface area contributed by atoms with Gasteiger partial charge in [-0.3, -0.25) is 4.79 Å². The predicted molar refractivity (Wildman–Crippen MR) is 118 cm³/mol. The SMILES string of the molecule is Cc1ccc(S(=O)(=O)N2CCCC2)cc1C(=O)NC(C)c1ccc2c(c1)CCCC2. The van der Waals surface area contributed by atoms with Gasteiger partial charge in [0.2, 0.25) is 10.0 Å². The monoisotopic (exact) mass is 426 g/mol. The number of hydrogen-bond acceptors (Lipinski definition) is 3. The second-order valence-electron chi connectivity index (χ2n) is 8.52. The van der Waals surface area contributed by atoms with E-state index in [1.165, 1.54) is 34.3 Å². The fraction of sp³-hybridized carbons (Fsp3) is 0.458. The summed E-state index contributed by atoms with van der Waals surface area (Å²) in [7, 11) is -3.55. The number of rotatable bonds is 5. The van der Waals surface area contributed by atoms with Gasteiger partial charge in [0.15, 0.2) is 0 Å². The lowest BCUT2D eigenvalue weighted by Gasteiger charge is -2.21. The van der Waals surface area contributed by atoms with Crippen molar-refractivity contribution in [2.75, 3.05) is 13.1 Å². The van der Waals surface area contributed by atoms with Crippen LogP contribution in [0.25, 0.3) is 0 Å². The van der Waals surface area contributed by atoms with Crippen LogP contribution in [0.1, 0.15) is 71.3 Å². The zero-order chi connectivity index (χ0) is 21.3.